The van der Waals surface area contributed by atoms with E-state index >= 15 is 0 Å². The Kier molecular flexibility index (Phi) is 6.25. The van der Waals surface area contributed by atoms with Gasteiger partial charge in [-0.25, -0.2) is 4.39 Å². The molecule has 0 aromatic heterocycles. The van der Waals surface area contributed by atoms with E-state index in [4.69, 9.17) is 0 Å². The summed E-state index contributed by atoms with van der Waals surface area (Å²) in [5.41, 5.74) is 1.03. The third-order valence-corrected chi connectivity index (χ3v) is 3.42. The summed E-state index contributed by atoms with van der Waals surface area (Å²) >= 11 is 0. The molecule has 0 saturated carbocycles. The van der Waals surface area contributed by atoms with Crippen molar-refractivity contribution in [1.82, 2.24) is 10.6 Å². The van der Waals surface area contributed by atoms with E-state index < -0.39 is 0 Å². The number of halogens is 2. The largest absolute Gasteiger partial charge is 0.352 e. The van der Waals surface area contributed by atoms with E-state index in [2.05, 4.69) is 10.6 Å². The monoisotopic (exact) mass is 286 g/mol. The van der Waals surface area contributed by atoms with Crippen molar-refractivity contribution < 1.29 is 9.18 Å². The minimum Gasteiger partial charge on any atom is -0.352 e. The van der Waals surface area contributed by atoms with Crippen molar-refractivity contribution in [3.05, 3.63) is 35.1 Å². The highest BCUT2D eigenvalue weighted by atomic mass is 35.5. The molecule has 0 radical (unpaired) electrons. The van der Waals surface area contributed by atoms with Crippen molar-refractivity contribution in [2.45, 2.75) is 19.8 Å². The minimum absolute atomic E-state index is 0. The lowest BCUT2D eigenvalue weighted by Gasteiger charge is -2.09. The number of amides is 1. The number of hydrogen-bond donors (Lipinski definition) is 2. The van der Waals surface area contributed by atoms with E-state index in [9.17, 15) is 9.18 Å². The Morgan fingerprint density at radius 1 is 1.53 bits per heavy atom. The molecular formula is C14H20ClFN2O. The minimum atomic E-state index is -0.274. The highest BCUT2D eigenvalue weighted by molar-refractivity contribution is 5.94. The highest BCUT2D eigenvalue weighted by Crippen LogP contribution is 2.12. The van der Waals surface area contributed by atoms with Gasteiger partial charge in [-0.1, -0.05) is 0 Å². The summed E-state index contributed by atoms with van der Waals surface area (Å²) < 4.78 is 13.1. The van der Waals surface area contributed by atoms with E-state index in [1.54, 1.807) is 13.0 Å². The number of carbonyl (C=O) groups excluding carboxylic acids is 1. The number of hydrogen-bond acceptors (Lipinski definition) is 2. The van der Waals surface area contributed by atoms with Crippen molar-refractivity contribution in [2.75, 3.05) is 19.6 Å². The molecule has 0 spiro atoms. The highest BCUT2D eigenvalue weighted by Gasteiger charge is 2.14. The van der Waals surface area contributed by atoms with E-state index in [1.807, 2.05) is 0 Å². The van der Waals surface area contributed by atoms with E-state index in [0.29, 0.717) is 23.6 Å². The van der Waals surface area contributed by atoms with Gasteiger partial charge in [-0.15, -0.1) is 12.4 Å². The van der Waals surface area contributed by atoms with Crippen LogP contribution < -0.4 is 10.6 Å². The van der Waals surface area contributed by atoms with Crippen LogP contribution in [0.3, 0.4) is 0 Å². The normalized spacial score (nSPS) is 17.9. The molecule has 1 aliphatic rings. The van der Waals surface area contributed by atoms with Crippen LogP contribution in [0.15, 0.2) is 18.2 Å². The second kappa shape index (κ2) is 7.46. The molecule has 0 aliphatic carbocycles. The predicted molar refractivity (Wildman–Crippen MR) is 76.3 cm³/mol. The topological polar surface area (TPSA) is 41.1 Å². The van der Waals surface area contributed by atoms with Gasteiger partial charge in [0.15, 0.2) is 0 Å². The summed E-state index contributed by atoms with van der Waals surface area (Å²) in [7, 11) is 0. The van der Waals surface area contributed by atoms with Crippen LogP contribution in [0, 0.1) is 18.7 Å². The van der Waals surface area contributed by atoms with Crippen molar-refractivity contribution >= 4 is 18.3 Å². The van der Waals surface area contributed by atoms with Crippen molar-refractivity contribution in [3.63, 3.8) is 0 Å². The van der Waals surface area contributed by atoms with Gasteiger partial charge in [-0.05, 0) is 62.5 Å². The summed E-state index contributed by atoms with van der Waals surface area (Å²) in [6.45, 7) is 4.47. The van der Waals surface area contributed by atoms with Crippen LogP contribution in [0.1, 0.15) is 28.8 Å². The summed E-state index contributed by atoms with van der Waals surface area (Å²) in [6.07, 6.45) is 2.18. The quantitative estimate of drug-likeness (QED) is 0.892. The molecule has 1 saturated heterocycles. The standard InChI is InChI=1S/C14H19FN2O.ClH/c1-10-8-12(2-3-13(10)15)14(18)17-7-5-11-4-6-16-9-11;/h2-3,8,11,16H,4-7,9H2,1H3,(H,17,18);1H. The maximum Gasteiger partial charge on any atom is 0.251 e. The molecule has 1 fully saturated rings. The lowest BCUT2D eigenvalue weighted by atomic mass is 10.1. The predicted octanol–water partition coefficient (Wildman–Crippen LogP) is 2.29. The molecule has 2 rings (SSSR count). The molecule has 2 N–H and O–H groups in total. The van der Waals surface area contributed by atoms with Crippen LogP contribution >= 0.6 is 12.4 Å². The third kappa shape index (κ3) is 4.48. The Balaban J connectivity index is 0.00000180. The Hall–Kier alpha value is -1.13. The Labute approximate surface area is 119 Å². The first-order chi connectivity index (χ1) is 8.66. The molecular weight excluding hydrogens is 267 g/mol. The molecule has 0 bridgehead atoms. The van der Waals surface area contributed by atoms with E-state index in [1.165, 1.54) is 18.6 Å². The van der Waals surface area contributed by atoms with Gasteiger partial charge in [-0.3, -0.25) is 4.79 Å². The van der Waals surface area contributed by atoms with Gasteiger partial charge in [0.25, 0.3) is 5.91 Å². The fourth-order valence-corrected chi connectivity index (χ4v) is 2.24. The molecule has 1 aromatic rings. The van der Waals surface area contributed by atoms with E-state index in [0.717, 1.165) is 19.5 Å². The number of carbonyl (C=O) groups is 1. The van der Waals surface area contributed by atoms with Gasteiger partial charge >= 0.3 is 0 Å². The summed E-state index contributed by atoms with van der Waals surface area (Å²) in [6, 6.07) is 4.45. The van der Waals surface area contributed by atoms with Crippen molar-refractivity contribution in [1.29, 1.82) is 0 Å². The number of nitrogens with one attached hydrogen (secondary N) is 2. The molecule has 19 heavy (non-hydrogen) atoms. The van der Waals surface area contributed by atoms with Gasteiger partial charge in [0.05, 0.1) is 0 Å². The van der Waals surface area contributed by atoms with Crippen LogP contribution in [0.2, 0.25) is 0 Å². The van der Waals surface area contributed by atoms with Crippen LogP contribution in [-0.4, -0.2) is 25.5 Å². The maximum absolute atomic E-state index is 13.1. The molecule has 3 nitrogen and oxygen atoms in total. The van der Waals surface area contributed by atoms with Gasteiger partial charge < -0.3 is 10.6 Å². The first kappa shape index (κ1) is 15.9. The molecule has 1 unspecified atom stereocenters. The Morgan fingerprint density at radius 2 is 2.32 bits per heavy atom. The maximum atomic E-state index is 13.1. The molecule has 106 valence electrons. The molecule has 1 atom stereocenters. The first-order valence-corrected chi connectivity index (χ1v) is 6.42. The number of benzene rings is 1. The average Bonchev–Trinajstić information content (AvgIpc) is 2.85. The second-order valence-corrected chi connectivity index (χ2v) is 4.87. The fraction of sp³-hybridized carbons (Fsp3) is 0.500. The molecule has 1 aromatic carbocycles. The van der Waals surface area contributed by atoms with Crippen LogP contribution in [0.25, 0.3) is 0 Å². The molecule has 1 heterocycles. The summed E-state index contributed by atoms with van der Waals surface area (Å²) in [4.78, 5) is 11.8. The Bertz CT molecular complexity index is 433. The SMILES string of the molecule is Cc1cc(C(=O)NCCC2CCNC2)ccc1F.Cl. The van der Waals surface area contributed by atoms with Crippen molar-refractivity contribution in [3.8, 4) is 0 Å². The Morgan fingerprint density at radius 3 is 2.95 bits per heavy atom. The van der Waals surface area contributed by atoms with Gasteiger partial charge in [-0.2, -0.15) is 0 Å². The van der Waals surface area contributed by atoms with Crippen LogP contribution in [0.5, 0.6) is 0 Å². The molecule has 1 amide bonds. The number of aryl methyl sites for hydroxylation is 1. The third-order valence-electron chi connectivity index (χ3n) is 3.42. The lowest BCUT2D eigenvalue weighted by molar-refractivity contribution is 0.0951. The van der Waals surface area contributed by atoms with E-state index in [-0.39, 0.29) is 24.1 Å². The van der Waals surface area contributed by atoms with Crippen LogP contribution in [-0.2, 0) is 0 Å². The smallest absolute Gasteiger partial charge is 0.251 e. The summed E-state index contributed by atoms with van der Waals surface area (Å²) in [5.74, 6) is 0.271. The first-order valence-electron chi connectivity index (χ1n) is 6.42. The van der Waals surface area contributed by atoms with Gasteiger partial charge in [0, 0.05) is 12.1 Å². The second-order valence-electron chi connectivity index (χ2n) is 4.87. The molecule has 5 heteroatoms. The van der Waals surface area contributed by atoms with Gasteiger partial charge in [0.1, 0.15) is 5.82 Å². The molecule has 1 aliphatic heterocycles. The summed E-state index contributed by atoms with van der Waals surface area (Å²) in [5, 5.41) is 6.18. The fourth-order valence-electron chi connectivity index (χ4n) is 2.24. The number of rotatable bonds is 4. The van der Waals surface area contributed by atoms with Gasteiger partial charge in [0.2, 0.25) is 0 Å². The average molecular weight is 287 g/mol. The lowest BCUT2D eigenvalue weighted by Crippen LogP contribution is -2.26. The zero-order valence-corrected chi connectivity index (χ0v) is 11.9. The zero-order chi connectivity index (χ0) is 13.0. The van der Waals surface area contributed by atoms with Crippen molar-refractivity contribution in [2.24, 2.45) is 5.92 Å². The zero-order valence-electron chi connectivity index (χ0n) is 11.0. The van der Waals surface area contributed by atoms with Crippen LogP contribution in [0.4, 0.5) is 4.39 Å².